The zero-order valence-corrected chi connectivity index (χ0v) is 16.2. The van der Waals surface area contributed by atoms with Gasteiger partial charge in [-0.15, -0.1) is 0 Å². The van der Waals surface area contributed by atoms with Crippen LogP contribution in [0.25, 0.3) is 0 Å². The van der Waals surface area contributed by atoms with Gasteiger partial charge in [0, 0.05) is 36.9 Å². The minimum atomic E-state index is -1.04. The van der Waals surface area contributed by atoms with Gasteiger partial charge in [-0.2, -0.15) is 0 Å². The van der Waals surface area contributed by atoms with Crippen LogP contribution in [0.4, 0.5) is 15.3 Å². The van der Waals surface area contributed by atoms with Crippen molar-refractivity contribution in [2.75, 3.05) is 31.5 Å². The van der Waals surface area contributed by atoms with Gasteiger partial charge >= 0.3 is 18.0 Å². The van der Waals surface area contributed by atoms with E-state index in [1.165, 1.54) is 4.90 Å². The number of nitrogens with one attached hydrogen (secondary N) is 2. The first-order valence-corrected chi connectivity index (χ1v) is 9.23. The van der Waals surface area contributed by atoms with E-state index in [0.717, 1.165) is 0 Å². The van der Waals surface area contributed by atoms with Gasteiger partial charge in [-0.25, -0.2) is 14.4 Å². The van der Waals surface area contributed by atoms with Gasteiger partial charge in [0.25, 0.3) is 0 Å². The van der Waals surface area contributed by atoms with E-state index in [2.05, 4.69) is 10.6 Å². The van der Waals surface area contributed by atoms with E-state index in [1.54, 1.807) is 29.2 Å². The topological polar surface area (TPSA) is 102 Å². The molecule has 0 bridgehead atoms. The SMILES string of the molecule is CC(C)C[C@H](NC(=O)N1CCN(C(=O)Nc2ccc(Cl)cc2)CC1)C(=O)O. The maximum absolute atomic E-state index is 12.3. The minimum absolute atomic E-state index is 0.153. The number of halogens is 1. The Balaban J connectivity index is 1.83. The lowest BCUT2D eigenvalue weighted by molar-refractivity contribution is -0.139. The Hall–Kier alpha value is -2.48. The number of aliphatic carboxylic acids is 1. The highest BCUT2D eigenvalue weighted by molar-refractivity contribution is 6.30. The largest absolute Gasteiger partial charge is 0.480 e. The smallest absolute Gasteiger partial charge is 0.326 e. The first-order chi connectivity index (χ1) is 12.8. The number of amides is 4. The highest BCUT2D eigenvalue weighted by atomic mass is 35.5. The summed E-state index contributed by atoms with van der Waals surface area (Å²) in [5.74, 6) is -0.891. The standard InChI is InChI=1S/C18H25ClN4O4/c1-12(2)11-15(16(24)25)21-18(27)23-9-7-22(8-10-23)17(26)20-14-5-3-13(19)4-6-14/h3-6,12,15H,7-11H2,1-2H3,(H,20,26)(H,21,27)(H,24,25)/t15-/m0/s1. The Kier molecular flexibility index (Phi) is 7.29. The molecule has 1 aliphatic heterocycles. The van der Waals surface area contributed by atoms with Gasteiger partial charge in [0.2, 0.25) is 0 Å². The van der Waals surface area contributed by atoms with Crippen molar-refractivity contribution in [2.24, 2.45) is 5.92 Å². The van der Waals surface area contributed by atoms with Gasteiger partial charge in [-0.05, 0) is 36.6 Å². The number of hydrogen-bond donors (Lipinski definition) is 3. The third-order valence-electron chi connectivity index (χ3n) is 4.25. The number of hydrogen-bond acceptors (Lipinski definition) is 3. The fraction of sp³-hybridized carbons (Fsp3) is 0.500. The van der Waals surface area contributed by atoms with Crippen molar-refractivity contribution in [1.29, 1.82) is 0 Å². The second-order valence-electron chi connectivity index (χ2n) is 6.88. The van der Waals surface area contributed by atoms with Gasteiger partial charge < -0.3 is 25.5 Å². The molecule has 1 heterocycles. The molecule has 1 aliphatic rings. The van der Waals surface area contributed by atoms with E-state index in [9.17, 15) is 19.5 Å². The summed E-state index contributed by atoms with van der Waals surface area (Å²) in [5, 5.41) is 15.2. The Morgan fingerprint density at radius 2 is 1.56 bits per heavy atom. The highest BCUT2D eigenvalue weighted by Crippen LogP contribution is 2.14. The van der Waals surface area contributed by atoms with Crippen LogP contribution in [-0.2, 0) is 4.79 Å². The van der Waals surface area contributed by atoms with E-state index in [0.29, 0.717) is 43.3 Å². The first kappa shape index (κ1) is 20.8. The van der Waals surface area contributed by atoms with Crippen molar-refractivity contribution in [2.45, 2.75) is 26.3 Å². The molecule has 27 heavy (non-hydrogen) atoms. The molecule has 1 atom stereocenters. The molecule has 3 N–H and O–H groups in total. The molecule has 0 aliphatic carbocycles. The number of carbonyl (C=O) groups excluding carboxylic acids is 2. The second-order valence-corrected chi connectivity index (χ2v) is 7.32. The maximum atomic E-state index is 12.3. The molecule has 0 aromatic heterocycles. The number of carboxylic acids is 1. The van der Waals surface area contributed by atoms with Gasteiger partial charge in [0.05, 0.1) is 0 Å². The summed E-state index contributed by atoms with van der Waals surface area (Å²) in [7, 11) is 0. The molecular weight excluding hydrogens is 372 g/mol. The van der Waals surface area contributed by atoms with Crippen LogP contribution in [-0.4, -0.2) is 65.2 Å². The van der Waals surface area contributed by atoms with Gasteiger partial charge in [0.1, 0.15) is 6.04 Å². The molecule has 1 fully saturated rings. The lowest BCUT2D eigenvalue weighted by atomic mass is 10.0. The second kappa shape index (κ2) is 9.45. The van der Waals surface area contributed by atoms with E-state index in [-0.39, 0.29) is 11.9 Å². The maximum Gasteiger partial charge on any atom is 0.326 e. The zero-order valence-electron chi connectivity index (χ0n) is 15.4. The van der Waals surface area contributed by atoms with Crippen LogP contribution in [0.1, 0.15) is 20.3 Å². The summed E-state index contributed by atoms with van der Waals surface area (Å²) in [5.41, 5.74) is 0.641. The Morgan fingerprint density at radius 3 is 2.04 bits per heavy atom. The number of rotatable bonds is 5. The number of nitrogens with zero attached hydrogens (tertiary/aromatic N) is 2. The minimum Gasteiger partial charge on any atom is -0.480 e. The van der Waals surface area contributed by atoms with E-state index < -0.39 is 18.0 Å². The Morgan fingerprint density at radius 1 is 1.04 bits per heavy atom. The molecule has 4 amide bonds. The summed E-state index contributed by atoms with van der Waals surface area (Å²) < 4.78 is 0. The van der Waals surface area contributed by atoms with Crippen molar-refractivity contribution >= 4 is 35.3 Å². The summed E-state index contributed by atoms with van der Waals surface area (Å²) >= 11 is 5.82. The molecule has 0 saturated carbocycles. The molecule has 2 rings (SSSR count). The Labute approximate surface area is 163 Å². The molecule has 1 saturated heterocycles. The highest BCUT2D eigenvalue weighted by Gasteiger charge is 2.27. The van der Waals surface area contributed by atoms with Crippen LogP contribution >= 0.6 is 11.6 Å². The molecule has 1 aromatic rings. The fourth-order valence-electron chi connectivity index (χ4n) is 2.78. The van der Waals surface area contributed by atoms with Gasteiger partial charge in [-0.1, -0.05) is 25.4 Å². The Bertz CT molecular complexity index is 672. The number of piperazine rings is 1. The van der Waals surface area contributed by atoms with Crippen LogP contribution in [0.3, 0.4) is 0 Å². The van der Waals surface area contributed by atoms with Gasteiger partial charge in [-0.3, -0.25) is 0 Å². The average molecular weight is 397 g/mol. The average Bonchev–Trinajstić information content (AvgIpc) is 2.62. The third kappa shape index (κ3) is 6.32. The predicted molar refractivity (Wildman–Crippen MR) is 103 cm³/mol. The zero-order chi connectivity index (χ0) is 20.0. The van der Waals surface area contributed by atoms with Crippen LogP contribution in [0, 0.1) is 5.92 Å². The molecule has 9 heteroatoms. The molecule has 1 aromatic carbocycles. The molecular formula is C18H25ClN4O4. The van der Waals surface area contributed by atoms with Crippen molar-refractivity contribution in [1.82, 2.24) is 15.1 Å². The van der Waals surface area contributed by atoms with E-state index in [4.69, 9.17) is 11.6 Å². The monoisotopic (exact) mass is 396 g/mol. The molecule has 0 spiro atoms. The van der Waals surface area contributed by atoms with Crippen molar-refractivity contribution in [3.05, 3.63) is 29.3 Å². The number of anilines is 1. The van der Waals surface area contributed by atoms with Crippen molar-refractivity contribution in [3.8, 4) is 0 Å². The lowest BCUT2D eigenvalue weighted by Crippen LogP contribution is -2.56. The van der Waals surface area contributed by atoms with Gasteiger partial charge in [0.15, 0.2) is 0 Å². The van der Waals surface area contributed by atoms with E-state index >= 15 is 0 Å². The first-order valence-electron chi connectivity index (χ1n) is 8.86. The molecule has 148 valence electrons. The number of carboxylic acid groups (broad SMARTS) is 1. The lowest BCUT2D eigenvalue weighted by Gasteiger charge is -2.35. The number of benzene rings is 1. The third-order valence-corrected chi connectivity index (χ3v) is 4.50. The molecule has 0 radical (unpaired) electrons. The fourth-order valence-corrected chi connectivity index (χ4v) is 2.91. The van der Waals surface area contributed by atoms with Crippen LogP contribution in [0.15, 0.2) is 24.3 Å². The van der Waals surface area contributed by atoms with Crippen LogP contribution < -0.4 is 10.6 Å². The van der Waals surface area contributed by atoms with Crippen molar-refractivity contribution in [3.63, 3.8) is 0 Å². The normalized spacial score (nSPS) is 15.4. The summed E-state index contributed by atoms with van der Waals surface area (Å²) in [6.07, 6.45) is 0.366. The summed E-state index contributed by atoms with van der Waals surface area (Å²) in [4.78, 5) is 39.0. The van der Waals surface area contributed by atoms with E-state index in [1.807, 2.05) is 13.8 Å². The predicted octanol–water partition coefficient (Wildman–Crippen LogP) is 2.70. The van der Waals surface area contributed by atoms with Crippen LogP contribution in [0.2, 0.25) is 5.02 Å². The van der Waals surface area contributed by atoms with Crippen molar-refractivity contribution < 1.29 is 19.5 Å². The molecule has 8 nitrogen and oxygen atoms in total. The quantitative estimate of drug-likeness (QED) is 0.712. The van der Waals surface area contributed by atoms with Crippen LogP contribution in [0.5, 0.6) is 0 Å². The molecule has 0 unspecified atom stereocenters. The number of urea groups is 2. The summed E-state index contributed by atoms with van der Waals surface area (Å²) in [6.45, 7) is 5.23. The number of carbonyl (C=O) groups is 3. The summed E-state index contributed by atoms with van der Waals surface area (Å²) in [6, 6.07) is 5.23.